The Morgan fingerprint density at radius 1 is 1.23 bits per heavy atom. The molecular weight excluding hydrogens is 352 g/mol. The molecule has 0 aliphatic rings. The molecule has 1 aromatic heterocycles. The van der Waals surface area contributed by atoms with E-state index < -0.39 is 11.5 Å². The normalized spacial score (nSPS) is 10.2. The van der Waals surface area contributed by atoms with Gasteiger partial charge < -0.3 is 15.0 Å². The average Bonchev–Trinajstić information content (AvgIpc) is 2.47. The van der Waals surface area contributed by atoms with Gasteiger partial charge in [0.05, 0.1) is 0 Å². The number of carboxylic acid groups (broad SMARTS) is 1. The predicted octanol–water partition coefficient (Wildman–Crippen LogP) is 1.63. The minimum atomic E-state index is -1.31. The van der Waals surface area contributed by atoms with E-state index in [1.165, 1.54) is 18.3 Å². The molecule has 0 bridgehead atoms. The number of benzene rings is 1. The highest BCUT2D eigenvalue weighted by molar-refractivity contribution is 9.10. The number of nitrogens with zero attached hydrogens (tertiary/aromatic N) is 1. The number of carbonyl (C=O) groups excluding carboxylic acids is 1. The molecule has 22 heavy (non-hydrogen) atoms. The molecule has 7 heteroatoms. The molecule has 0 atom stereocenters. The first-order chi connectivity index (χ1) is 10.5. The molecule has 0 fully saturated rings. The lowest BCUT2D eigenvalue weighted by molar-refractivity contribution is -0.121. The number of amides is 1. The molecule has 114 valence electrons. The minimum absolute atomic E-state index is 0.228. The number of carbonyl (C=O) groups is 2. The largest absolute Gasteiger partial charge is 0.477 e. The molecule has 2 rings (SSSR count). The van der Waals surface area contributed by atoms with Gasteiger partial charge in [0.2, 0.25) is 5.91 Å². The van der Waals surface area contributed by atoms with Crippen LogP contribution < -0.4 is 10.9 Å². The van der Waals surface area contributed by atoms with Crippen molar-refractivity contribution in [3.05, 3.63) is 68.5 Å². The Morgan fingerprint density at radius 2 is 2.00 bits per heavy atom. The van der Waals surface area contributed by atoms with Gasteiger partial charge in [0.1, 0.15) is 12.1 Å². The standard InChI is InChI=1S/C15H13BrN2O4/c16-11-4-1-3-10(7-11)8-17-13(19)9-18-6-2-5-12(14(18)20)15(21)22/h1-7H,8-9H2,(H,17,19)(H,21,22). The van der Waals surface area contributed by atoms with Crippen LogP contribution in [-0.4, -0.2) is 21.6 Å². The summed E-state index contributed by atoms with van der Waals surface area (Å²) >= 11 is 3.34. The topological polar surface area (TPSA) is 88.4 Å². The molecule has 1 aromatic carbocycles. The average molecular weight is 365 g/mol. The number of nitrogens with one attached hydrogen (secondary N) is 1. The quantitative estimate of drug-likeness (QED) is 0.843. The monoisotopic (exact) mass is 364 g/mol. The molecular formula is C15H13BrN2O4. The fraction of sp³-hybridized carbons (Fsp3) is 0.133. The van der Waals surface area contributed by atoms with E-state index in [1.807, 2.05) is 24.3 Å². The fourth-order valence-electron chi connectivity index (χ4n) is 1.88. The number of pyridine rings is 1. The van der Waals surface area contributed by atoms with Crippen LogP contribution in [0.1, 0.15) is 15.9 Å². The maximum Gasteiger partial charge on any atom is 0.341 e. The molecule has 0 radical (unpaired) electrons. The zero-order chi connectivity index (χ0) is 16.1. The summed E-state index contributed by atoms with van der Waals surface area (Å²) in [6, 6.07) is 10.1. The second-order valence-corrected chi connectivity index (χ2v) is 5.48. The van der Waals surface area contributed by atoms with E-state index in [4.69, 9.17) is 5.11 Å². The van der Waals surface area contributed by atoms with E-state index in [-0.39, 0.29) is 18.0 Å². The van der Waals surface area contributed by atoms with Gasteiger partial charge in [0.15, 0.2) is 0 Å². The van der Waals surface area contributed by atoms with Gasteiger partial charge in [-0.25, -0.2) is 4.79 Å². The van der Waals surface area contributed by atoms with E-state index in [0.29, 0.717) is 6.54 Å². The zero-order valence-corrected chi connectivity index (χ0v) is 13.0. The van der Waals surface area contributed by atoms with E-state index in [9.17, 15) is 14.4 Å². The van der Waals surface area contributed by atoms with E-state index in [1.54, 1.807) is 0 Å². The Bertz CT molecular complexity index is 770. The summed E-state index contributed by atoms with van der Waals surface area (Å²) < 4.78 is 1.98. The van der Waals surface area contributed by atoms with Crippen molar-refractivity contribution in [2.75, 3.05) is 0 Å². The molecule has 0 saturated carbocycles. The van der Waals surface area contributed by atoms with Crippen LogP contribution in [0, 0.1) is 0 Å². The van der Waals surface area contributed by atoms with Gasteiger partial charge in [0, 0.05) is 17.2 Å². The summed E-state index contributed by atoms with van der Waals surface area (Å²) in [4.78, 5) is 34.6. The first-order valence-electron chi connectivity index (χ1n) is 6.41. The molecule has 0 saturated heterocycles. The highest BCUT2D eigenvalue weighted by Crippen LogP contribution is 2.11. The third-order valence-electron chi connectivity index (χ3n) is 2.94. The van der Waals surface area contributed by atoms with Crippen LogP contribution >= 0.6 is 15.9 Å². The van der Waals surface area contributed by atoms with Crippen LogP contribution in [0.15, 0.2) is 51.9 Å². The van der Waals surface area contributed by atoms with Crippen molar-refractivity contribution in [2.24, 2.45) is 0 Å². The van der Waals surface area contributed by atoms with Crippen molar-refractivity contribution < 1.29 is 14.7 Å². The third kappa shape index (κ3) is 4.05. The SMILES string of the molecule is O=C(Cn1cccc(C(=O)O)c1=O)NCc1cccc(Br)c1. The lowest BCUT2D eigenvalue weighted by atomic mass is 10.2. The number of hydrogen-bond acceptors (Lipinski definition) is 3. The summed E-state index contributed by atoms with van der Waals surface area (Å²) in [6.07, 6.45) is 1.38. The number of hydrogen-bond donors (Lipinski definition) is 2. The van der Waals surface area contributed by atoms with Crippen molar-refractivity contribution in [3.63, 3.8) is 0 Å². The van der Waals surface area contributed by atoms with Gasteiger partial charge in [0.25, 0.3) is 5.56 Å². The third-order valence-corrected chi connectivity index (χ3v) is 3.44. The van der Waals surface area contributed by atoms with Gasteiger partial charge in [-0.15, -0.1) is 0 Å². The van der Waals surface area contributed by atoms with Gasteiger partial charge in [-0.05, 0) is 29.8 Å². The van der Waals surface area contributed by atoms with Crippen LogP contribution in [0.25, 0.3) is 0 Å². The van der Waals surface area contributed by atoms with Crippen LogP contribution in [0.4, 0.5) is 0 Å². The zero-order valence-electron chi connectivity index (χ0n) is 11.5. The second-order valence-electron chi connectivity index (χ2n) is 4.57. The van der Waals surface area contributed by atoms with Crippen molar-refractivity contribution in [3.8, 4) is 0 Å². The maximum atomic E-state index is 11.9. The number of halogens is 1. The van der Waals surface area contributed by atoms with Crippen LogP contribution in [0.2, 0.25) is 0 Å². The smallest absolute Gasteiger partial charge is 0.341 e. The molecule has 2 N–H and O–H groups in total. The van der Waals surface area contributed by atoms with Crippen molar-refractivity contribution in [1.29, 1.82) is 0 Å². The lowest BCUT2D eigenvalue weighted by Crippen LogP contribution is -2.33. The molecule has 0 aliphatic heterocycles. The molecule has 0 spiro atoms. The fourth-order valence-corrected chi connectivity index (χ4v) is 2.33. The summed E-state index contributed by atoms with van der Waals surface area (Å²) in [5.74, 6) is -1.68. The Labute approximate surface area is 134 Å². The summed E-state index contributed by atoms with van der Waals surface area (Å²) in [5, 5.41) is 11.6. The van der Waals surface area contributed by atoms with E-state index in [2.05, 4.69) is 21.2 Å². The van der Waals surface area contributed by atoms with Crippen LogP contribution in [0.3, 0.4) is 0 Å². The Hall–Kier alpha value is -2.41. The summed E-state index contributed by atoms with van der Waals surface area (Å²) in [6.45, 7) is 0.0968. The van der Waals surface area contributed by atoms with Crippen molar-refractivity contribution >= 4 is 27.8 Å². The lowest BCUT2D eigenvalue weighted by Gasteiger charge is -2.08. The number of aromatic carboxylic acids is 1. The van der Waals surface area contributed by atoms with Gasteiger partial charge >= 0.3 is 5.97 Å². The highest BCUT2D eigenvalue weighted by atomic mass is 79.9. The van der Waals surface area contributed by atoms with Crippen LogP contribution in [0.5, 0.6) is 0 Å². The highest BCUT2D eigenvalue weighted by Gasteiger charge is 2.12. The first-order valence-corrected chi connectivity index (χ1v) is 7.20. The molecule has 1 amide bonds. The van der Waals surface area contributed by atoms with Crippen molar-refractivity contribution in [2.45, 2.75) is 13.1 Å². The Balaban J connectivity index is 2.02. The van der Waals surface area contributed by atoms with Crippen LogP contribution in [-0.2, 0) is 17.9 Å². The van der Waals surface area contributed by atoms with E-state index >= 15 is 0 Å². The predicted molar refractivity (Wildman–Crippen MR) is 83.7 cm³/mol. The summed E-state index contributed by atoms with van der Waals surface area (Å²) in [7, 11) is 0. The molecule has 0 unspecified atom stereocenters. The van der Waals surface area contributed by atoms with Gasteiger partial charge in [-0.1, -0.05) is 28.1 Å². The molecule has 1 heterocycles. The van der Waals surface area contributed by atoms with Crippen molar-refractivity contribution in [1.82, 2.24) is 9.88 Å². The van der Waals surface area contributed by atoms with Gasteiger partial charge in [-0.3, -0.25) is 9.59 Å². The number of aromatic nitrogens is 1. The maximum absolute atomic E-state index is 11.9. The Morgan fingerprint density at radius 3 is 2.68 bits per heavy atom. The van der Waals surface area contributed by atoms with E-state index in [0.717, 1.165) is 14.6 Å². The number of carboxylic acids is 1. The minimum Gasteiger partial charge on any atom is -0.477 e. The Kier molecular flexibility index (Phi) is 5.11. The van der Waals surface area contributed by atoms with Gasteiger partial charge in [-0.2, -0.15) is 0 Å². The molecule has 6 nitrogen and oxygen atoms in total. The second kappa shape index (κ2) is 7.04. The summed E-state index contributed by atoms with van der Waals surface area (Å²) in [5.41, 5.74) is -0.149. The number of rotatable bonds is 5. The molecule has 2 aromatic rings. The molecule has 0 aliphatic carbocycles. The first kappa shape index (κ1) is 16.0.